The van der Waals surface area contributed by atoms with Gasteiger partial charge in [0.25, 0.3) is 0 Å². The number of aromatic nitrogens is 1. The number of nitrogens with zero attached hydrogens (tertiary/aromatic N) is 1. The van der Waals surface area contributed by atoms with Gasteiger partial charge in [0.2, 0.25) is 0 Å². The van der Waals surface area contributed by atoms with Crippen LogP contribution in [0.4, 0.5) is 0 Å². The minimum absolute atomic E-state index is 0.163. The second kappa shape index (κ2) is 7.16. The highest BCUT2D eigenvalue weighted by Crippen LogP contribution is 2.25. The van der Waals surface area contributed by atoms with Crippen molar-refractivity contribution in [3.63, 3.8) is 0 Å². The Bertz CT molecular complexity index is 523. The van der Waals surface area contributed by atoms with Gasteiger partial charge < -0.3 is 10.4 Å². The van der Waals surface area contributed by atoms with Crippen LogP contribution in [0.1, 0.15) is 44.5 Å². The number of nitrogens with one attached hydrogen (secondary N) is 1. The van der Waals surface area contributed by atoms with Crippen molar-refractivity contribution in [3.8, 4) is 0 Å². The third kappa shape index (κ3) is 4.63. The first-order valence-electron chi connectivity index (χ1n) is 7.38. The minimum Gasteiger partial charge on any atom is -0.384 e. The van der Waals surface area contributed by atoms with Crippen molar-refractivity contribution in [3.05, 3.63) is 52.5 Å². The summed E-state index contributed by atoms with van der Waals surface area (Å²) in [4.78, 5) is 4.45. The Labute approximate surface area is 131 Å². The normalized spacial score (nSPS) is 15.9. The second-order valence-electron chi connectivity index (χ2n) is 6.10. The van der Waals surface area contributed by atoms with Gasteiger partial charge in [-0.2, -0.15) is 11.3 Å². The van der Waals surface area contributed by atoms with E-state index in [9.17, 15) is 5.11 Å². The lowest BCUT2D eigenvalue weighted by Gasteiger charge is -2.27. The van der Waals surface area contributed by atoms with Crippen LogP contribution in [0.15, 0.2) is 41.2 Å². The molecule has 2 heterocycles. The van der Waals surface area contributed by atoms with Crippen LogP contribution in [0.25, 0.3) is 0 Å². The fourth-order valence-electron chi connectivity index (χ4n) is 2.36. The second-order valence-corrected chi connectivity index (χ2v) is 6.88. The lowest BCUT2D eigenvalue weighted by atomic mass is 9.96. The van der Waals surface area contributed by atoms with Gasteiger partial charge in [-0.25, -0.2) is 0 Å². The lowest BCUT2D eigenvalue weighted by Crippen LogP contribution is -2.37. The summed E-state index contributed by atoms with van der Waals surface area (Å²) in [6.07, 6.45) is 2.82. The first kappa shape index (κ1) is 16.1. The Morgan fingerprint density at radius 1 is 1.33 bits per heavy atom. The Morgan fingerprint density at radius 3 is 2.71 bits per heavy atom. The first-order valence-corrected chi connectivity index (χ1v) is 8.32. The SMILES string of the molecule is CC(C)C[C@H](NC[C@@](C)(O)c1ccsc1)c1ccccn1. The number of hydrogen-bond acceptors (Lipinski definition) is 4. The topological polar surface area (TPSA) is 45.1 Å². The van der Waals surface area contributed by atoms with Crippen LogP contribution in [0.5, 0.6) is 0 Å². The number of pyridine rings is 1. The zero-order valence-electron chi connectivity index (χ0n) is 12.9. The van der Waals surface area contributed by atoms with Crippen molar-refractivity contribution in [2.75, 3.05) is 6.54 Å². The molecule has 0 unspecified atom stereocenters. The Balaban J connectivity index is 2.06. The number of aliphatic hydroxyl groups is 1. The summed E-state index contributed by atoms with van der Waals surface area (Å²) in [6.45, 7) is 6.77. The molecule has 0 aliphatic heterocycles. The molecule has 0 aromatic carbocycles. The molecule has 2 N–H and O–H groups in total. The van der Waals surface area contributed by atoms with Gasteiger partial charge in [-0.15, -0.1) is 0 Å². The molecule has 21 heavy (non-hydrogen) atoms. The van der Waals surface area contributed by atoms with Gasteiger partial charge in [-0.05, 0) is 53.8 Å². The van der Waals surface area contributed by atoms with Crippen LogP contribution in [-0.2, 0) is 5.60 Å². The van der Waals surface area contributed by atoms with Crippen molar-refractivity contribution in [1.29, 1.82) is 0 Å². The largest absolute Gasteiger partial charge is 0.384 e. The van der Waals surface area contributed by atoms with Crippen LogP contribution < -0.4 is 5.32 Å². The van der Waals surface area contributed by atoms with Crippen molar-refractivity contribution in [2.24, 2.45) is 5.92 Å². The molecule has 2 aromatic rings. The van der Waals surface area contributed by atoms with E-state index in [0.717, 1.165) is 17.7 Å². The zero-order chi connectivity index (χ0) is 15.3. The van der Waals surface area contributed by atoms with E-state index >= 15 is 0 Å². The average Bonchev–Trinajstić information content (AvgIpc) is 2.99. The van der Waals surface area contributed by atoms with E-state index < -0.39 is 5.60 Å². The molecule has 114 valence electrons. The maximum Gasteiger partial charge on any atom is 0.100 e. The molecule has 0 saturated heterocycles. The third-order valence-corrected chi connectivity index (χ3v) is 4.27. The van der Waals surface area contributed by atoms with Crippen LogP contribution in [0.3, 0.4) is 0 Å². The molecule has 0 amide bonds. The van der Waals surface area contributed by atoms with Crippen LogP contribution in [-0.4, -0.2) is 16.6 Å². The van der Waals surface area contributed by atoms with Gasteiger partial charge in [0.05, 0.1) is 5.69 Å². The van der Waals surface area contributed by atoms with Crippen LogP contribution in [0.2, 0.25) is 0 Å². The molecule has 0 aliphatic carbocycles. The Hall–Kier alpha value is -1.23. The molecule has 2 rings (SSSR count). The van der Waals surface area contributed by atoms with E-state index in [-0.39, 0.29) is 6.04 Å². The summed E-state index contributed by atoms with van der Waals surface area (Å²) in [7, 11) is 0. The summed E-state index contributed by atoms with van der Waals surface area (Å²) in [5.41, 5.74) is 1.14. The van der Waals surface area contributed by atoms with Crippen LogP contribution in [0, 0.1) is 5.92 Å². The predicted octanol–water partition coefficient (Wildman–Crippen LogP) is 3.73. The molecule has 0 spiro atoms. The van der Waals surface area contributed by atoms with Crippen molar-refractivity contribution >= 4 is 11.3 Å². The van der Waals surface area contributed by atoms with E-state index in [2.05, 4.69) is 24.1 Å². The standard InChI is InChI=1S/C17H24N2OS/c1-13(2)10-16(15-6-4-5-8-18-15)19-12-17(3,20)14-7-9-21-11-14/h4-9,11,13,16,19-20H,10,12H2,1-3H3/t16-,17+/m0/s1. The lowest BCUT2D eigenvalue weighted by molar-refractivity contribution is 0.0531. The van der Waals surface area contributed by atoms with Gasteiger partial charge in [0.1, 0.15) is 5.60 Å². The van der Waals surface area contributed by atoms with Crippen molar-refractivity contribution in [2.45, 2.75) is 38.8 Å². The molecule has 0 fully saturated rings. The van der Waals surface area contributed by atoms with E-state index in [0.29, 0.717) is 12.5 Å². The molecule has 4 heteroatoms. The molecule has 2 atom stereocenters. The summed E-state index contributed by atoms with van der Waals surface area (Å²) < 4.78 is 0. The molecular weight excluding hydrogens is 280 g/mol. The Kier molecular flexibility index (Phi) is 5.51. The number of thiophene rings is 1. The van der Waals surface area contributed by atoms with E-state index in [1.807, 2.05) is 48.1 Å². The summed E-state index contributed by atoms with van der Waals surface area (Å²) in [5, 5.41) is 18.1. The molecule has 3 nitrogen and oxygen atoms in total. The van der Waals surface area contributed by atoms with Gasteiger partial charge in [0, 0.05) is 18.8 Å². The number of rotatable bonds is 7. The summed E-state index contributed by atoms with van der Waals surface area (Å²) >= 11 is 1.61. The highest BCUT2D eigenvalue weighted by Gasteiger charge is 2.25. The monoisotopic (exact) mass is 304 g/mol. The van der Waals surface area contributed by atoms with Gasteiger partial charge >= 0.3 is 0 Å². The van der Waals surface area contributed by atoms with E-state index in [1.165, 1.54) is 0 Å². The molecule has 0 saturated carbocycles. The first-order chi connectivity index (χ1) is 9.99. The van der Waals surface area contributed by atoms with Gasteiger partial charge in [-0.1, -0.05) is 19.9 Å². The zero-order valence-corrected chi connectivity index (χ0v) is 13.7. The Morgan fingerprint density at radius 2 is 2.14 bits per heavy atom. The van der Waals surface area contributed by atoms with E-state index in [1.54, 1.807) is 11.3 Å². The van der Waals surface area contributed by atoms with Gasteiger partial charge in [0.15, 0.2) is 0 Å². The van der Waals surface area contributed by atoms with E-state index in [4.69, 9.17) is 0 Å². The molecule has 0 bridgehead atoms. The maximum atomic E-state index is 10.6. The fraction of sp³-hybridized carbons (Fsp3) is 0.471. The average molecular weight is 304 g/mol. The fourth-order valence-corrected chi connectivity index (χ4v) is 3.14. The highest BCUT2D eigenvalue weighted by atomic mass is 32.1. The molecule has 0 aliphatic rings. The molecule has 2 aromatic heterocycles. The third-order valence-electron chi connectivity index (χ3n) is 3.59. The summed E-state index contributed by atoms with van der Waals surface area (Å²) in [5.74, 6) is 0.565. The molecule has 0 radical (unpaired) electrons. The van der Waals surface area contributed by atoms with Gasteiger partial charge in [-0.3, -0.25) is 4.98 Å². The highest BCUT2D eigenvalue weighted by molar-refractivity contribution is 7.08. The summed E-state index contributed by atoms with van der Waals surface area (Å²) in [6, 6.07) is 8.12. The van der Waals surface area contributed by atoms with Crippen molar-refractivity contribution < 1.29 is 5.11 Å². The predicted molar refractivity (Wildman–Crippen MR) is 88.3 cm³/mol. The minimum atomic E-state index is -0.857. The maximum absolute atomic E-state index is 10.6. The quantitative estimate of drug-likeness (QED) is 0.819. The van der Waals surface area contributed by atoms with Crippen LogP contribution >= 0.6 is 11.3 Å². The van der Waals surface area contributed by atoms with Crippen molar-refractivity contribution in [1.82, 2.24) is 10.3 Å². The smallest absolute Gasteiger partial charge is 0.100 e. The number of hydrogen-bond donors (Lipinski definition) is 2. The molecular formula is C17H24N2OS.